The van der Waals surface area contributed by atoms with Crippen LogP contribution in [0.4, 0.5) is 5.69 Å². The summed E-state index contributed by atoms with van der Waals surface area (Å²) in [7, 11) is 0. The first-order chi connectivity index (χ1) is 11.4. The van der Waals surface area contributed by atoms with Gasteiger partial charge in [-0.05, 0) is 19.8 Å². The van der Waals surface area contributed by atoms with Gasteiger partial charge in [0.25, 0.3) is 0 Å². The molecular formula is C18H24N2O3S. The van der Waals surface area contributed by atoms with Gasteiger partial charge in [0.05, 0.1) is 18.9 Å². The minimum Gasteiger partial charge on any atom is -0.490 e. The van der Waals surface area contributed by atoms with Crippen molar-refractivity contribution >= 4 is 33.2 Å². The van der Waals surface area contributed by atoms with E-state index in [9.17, 15) is 4.79 Å². The Morgan fingerprint density at radius 1 is 1.42 bits per heavy atom. The second kappa shape index (κ2) is 6.24. The van der Waals surface area contributed by atoms with Crippen molar-refractivity contribution in [1.82, 2.24) is 4.98 Å². The summed E-state index contributed by atoms with van der Waals surface area (Å²) in [6, 6.07) is 0. The average Bonchev–Trinajstić information content (AvgIpc) is 2.82. The molecule has 2 aromatic heterocycles. The number of anilines is 1. The standard InChI is InChI=1S/C18H24N2O3S/c1-5-7-11-13(19)12-10-8-18(3,4)9-23-15(10)14(17(21)22-6-2)20-16(12)24-11/h5-9,19H2,1-4H3. The normalized spacial score (nSPS) is 15.8. The highest BCUT2D eigenvalue weighted by atomic mass is 32.1. The van der Waals surface area contributed by atoms with Crippen molar-refractivity contribution < 1.29 is 14.3 Å². The molecule has 0 unspecified atom stereocenters. The molecule has 0 radical (unpaired) electrons. The van der Waals surface area contributed by atoms with Gasteiger partial charge in [0, 0.05) is 21.2 Å². The molecule has 3 rings (SSSR count). The molecule has 1 aliphatic rings. The zero-order valence-corrected chi connectivity index (χ0v) is 15.5. The molecule has 1 aliphatic heterocycles. The highest BCUT2D eigenvalue weighted by Crippen LogP contribution is 2.45. The molecule has 0 atom stereocenters. The van der Waals surface area contributed by atoms with E-state index in [0.29, 0.717) is 19.0 Å². The first-order valence-corrected chi connectivity index (χ1v) is 9.23. The number of rotatable bonds is 4. The van der Waals surface area contributed by atoms with E-state index in [1.807, 2.05) is 0 Å². The number of nitrogens with two attached hydrogens (primary N) is 1. The third kappa shape index (κ3) is 2.83. The van der Waals surface area contributed by atoms with Crippen molar-refractivity contribution in [2.75, 3.05) is 18.9 Å². The van der Waals surface area contributed by atoms with E-state index >= 15 is 0 Å². The van der Waals surface area contributed by atoms with Gasteiger partial charge in [-0.25, -0.2) is 9.78 Å². The summed E-state index contributed by atoms with van der Waals surface area (Å²) in [5.41, 5.74) is 8.48. The van der Waals surface area contributed by atoms with Gasteiger partial charge in [-0.3, -0.25) is 0 Å². The Hall–Kier alpha value is -1.82. The summed E-state index contributed by atoms with van der Waals surface area (Å²) in [6.07, 6.45) is 2.74. The summed E-state index contributed by atoms with van der Waals surface area (Å²) < 4.78 is 11.1. The first-order valence-electron chi connectivity index (χ1n) is 8.41. The predicted octanol–water partition coefficient (Wildman–Crippen LogP) is 3.97. The lowest BCUT2D eigenvalue weighted by Crippen LogP contribution is -2.30. The Bertz CT molecular complexity index is 795. The van der Waals surface area contributed by atoms with Gasteiger partial charge in [0.15, 0.2) is 11.4 Å². The average molecular weight is 348 g/mol. The predicted molar refractivity (Wildman–Crippen MR) is 97.0 cm³/mol. The zero-order valence-electron chi connectivity index (χ0n) is 14.7. The van der Waals surface area contributed by atoms with Crippen molar-refractivity contribution in [3.63, 3.8) is 0 Å². The number of hydrogen-bond acceptors (Lipinski definition) is 6. The number of hydrogen-bond donors (Lipinski definition) is 1. The Balaban J connectivity index is 2.26. The third-order valence-corrected chi connectivity index (χ3v) is 5.38. The van der Waals surface area contributed by atoms with Crippen LogP contribution in [0.2, 0.25) is 0 Å². The zero-order chi connectivity index (χ0) is 17.5. The largest absolute Gasteiger partial charge is 0.490 e. The fraction of sp³-hybridized carbons (Fsp3) is 0.556. The summed E-state index contributed by atoms with van der Waals surface area (Å²) in [5, 5.41) is 0.958. The lowest BCUT2D eigenvalue weighted by molar-refractivity contribution is 0.0508. The smallest absolute Gasteiger partial charge is 0.360 e. The van der Waals surface area contributed by atoms with Crippen molar-refractivity contribution in [2.45, 2.75) is 47.0 Å². The van der Waals surface area contributed by atoms with Gasteiger partial charge in [-0.15, -0.1) is 11.3 Å². The van der Waals surface area contributed by atoms with E-state index in [1.165, 1.54) is 0 Å². The number of esters is 1. The van der Waals surface area contributed by atoms with Gasteiger partial charge < -0.3 is 15.2 Å². The van der Waals surface area contributed by atoms with E-state index in [-0.39, 0.29) is 11.1 Å². The van der Waals surface area contributed by atoms with Gasteiger partial charge in [-0.1, -0.05) is 27.2 Å². The minimum atomic E-state index is -0.431. The number of aromatic nitrogens is 1. The molecule has 5 nitrogen and oxygen atoms in total. The topological polar surface area (TPSA) is 74.4 Å². The van der Waals surface area contributed by atoms with Crippen molar-refractivity contribution in [2.24, 2.45) is 5.41 Å². The second-order valence-corrected chi connectivity index (χ2v) is 8.07. The molecule has 24 heavy (non-hydrogen) atoms. The molecule has 130 valence electrons. The Morgan fingerprint density at radius 2 is 2.17 bits per heavy atom. The highest BCUT2D eigenvalue weighted by molar-refractivity contribution is 7.19. The lowest BCUT2D eigenvalue weighted by atomic mass is 9.83. The summed E-state index contributed by atoms with van der Waals surface area (Å²) in [6.45, 7) is 9.08. The lowest BCUT2D eigenvalue weighted by Gasteiger charge is -2.32. The molecule has 0 fully saturated rings. The number of nitrogens with zero attached hydrogens (tertiary/aromatic N) is 1. The van der Waals surface area contributed by atoms with Crippen LogP contribution in [0.15, 0.2) is 0 Å². The molecule has 6 heteroatoms. The molecule has 0 amide bonds. The number of nitrogen functional groups attached to an aromatic ring is 1. The number of aryl methyl sites for hydroxylation is 1. The van der Waals surface area contributed by atoms with Crippen molar-refractivity contribution in [3.8, 4) is 5.75 Å². The van der Waals surface area contributed by atoms with E-state index in [2.05, 4.69) is 25.8 Å². The van der Waals surface area contributed by atoms with E-state index in [1.54, 1.807) is 18.3 Å². The fourth-order valence-electron chi connectivity index (χ4n) is 3.13. The number of pyridine rings is 1. The Labute approximate surface area is 146 Å². The number of ether oxygens (including phenoxy) is 2. The molecule has 2 N–H and O–H groups in total. The van der Waals surface area contributed by atoms with Crippen LogP contribution in [0.25, 0.3) is 10.2 Å². The molecule has 0 aromatic carbocycles. The maximum absolute atomic E-state index is 12.3. The first kappa shape index (κ1) is 17.0. The van der Waals surface area contributed by atoms with Crippen LogP contribution in [0.3, 0.4) is 0 Å². The molecule has 0 saturated heterocycles. The van der Waals surface area contributed by atoms with Crippen molar-refractivity contribution in [3.05, 3.63) is 16.1 Å². The Morgan fingerprint density at radius 3 is 2.83 bits per heavy atom. The quantitative estimate of drug-likeness (QED) is 0.846. The molecule has 3 heterocycles. The van der Waals surface area contributed by atoms with Crippen LogP contribution >= 0.6 is 11.3 Å². The van der Waals surface area contributed by atoms with Crippen LogP contribution in [-0.2, 0) is 17.6 Å². The van der Waals surface area contributed by atoms with Gasteiger partial charge in [-0.2, -0.15) is 0 Å². The maximum atomic E-state index is 12.3. The third-order valence-electron chi connectivity index (χ3n) is 4.22. The van der Waals surface area contributed by atoms with Gasteiger partial charge in [0.1, 0.15) is 4.83 Å². The molecule has 0 bridgehead atoms. The van der Waals surface area contributed by atoms with E-state index in [0.717, 1.165) is 45.6 Å². The second-order valence-electron chi connectivity index (χ2n) is 6.99. The number of thiophene rings is 1. The minimum absolute atomic E-state index is 0.00743. The van der Waals surface area contributed by atoms with Crippen LogP contribution in [-0.4, -0.2) is 24.2 Å². The van der Waals surface area contributed by atoms with Gasteiger partial charge in [0.2, 0.25) is 0 Å². The summed E-state index contributed by atoms with van der Waals surface area (Å²) in [4.78, 5) is 18.8. The van der Waals surface area contributed by atoms with Gasteiger partial charge >= 0.3 is 5.97 Å². The van der Waals surface area contributed by atoms with Crippen LogP contribution in [0.1, 0.15) is 55.0 Å². The van der Waals surface area contributed by atoms with E-state index < -0.39 is 5.97 Å². The molecule has 0 saturated carbocycles. The molecule has 2 aromatic rings. The van der Waals surface area contributed by atoms with E-state index in [4.69, 9.17) is 15.2 Å². The summed E-state index contributed by atoms with van der Waals surface area (Å²) >= 11 is 1.57. The highest BCUT2D eigenvalue weighted by Gasteiger charge is 2.34. The number of fused-ring (bicyclic) bond motifs is 3. The SMILES string of the molecule is CCCc1sc2nc(C(=O)OCC)c3c(c2c1N)CC(C)(C)CO3. The van der Waals surface area contributed by atoms with Crippen LogP contribution in [0, 0.1) is 5.41 Å². The van der Waals surface area contributed by atoms with Crippen molar-refractivity contribution in [1.29, 1.82) is 0 Å². The molecule has 0 spiro atoms. The molecule has 0 aliphatic carbocycles. The monoisotopic (exact) mass is 348 g/mol. The summed E-state index contributed by atoms with van der Waals surface area (Å²) in [5.74, 6) is 0.118. The van der Waals surface area contributed by atoms with Crippen LogP contribution < -0.4 is 10.5 Å². The Kier molecular flexibility index (Phi) is 4.42. The number of carbonyl (C=O) groups is 1. The molecular weight excluding hydrogens is 324 g/mol. The maximum Gasteiger partial charge on any atom is 0.360 e. The van der Waals surface area contributed by atoms with Crippen LogP contribution in [0.5, 0.6) is 5.75 Å². The number of carbonyl (C=O) groups excluding carboxylic acids is 1. The fourth-order valence-corrected chi connectivity index (χ4v) is 4.35.